The molecule has 1 aromatic rings. The first kappa shape index (κ1) is 15.7. The minimum Gasteiger partial charge on any atom is -0.491 e. The molecule has 0 amide bonds. The van der Waals surface area contributed by atoms with Gasteiger partial charge in [0.25, 0.3) is 0 Å². The third-order valence-corrected chi connectivity index (χ3v) is 3.79. The summed E-state index contributed by atoms with van der Waals surface area (Å²) in [6, 6.07) is 5.89. The van der Waals surface area contributed by atoms with Gasteiger partial charge in [0.05, 0.1) is 12.3 Å². The second kappa shape index (κ2) is 6.69. The van der Waals surface area contributed by atoms with Crippen molar-refractivity contribution in [3.8, 4) is 5.75 Å². The lowest BCUT2D eigenvalue weighted by Crippen LogP contribution is -2.28. The Bertz CT molecular complexity index is 400. The lowest BCUT2D eigenvalue weighted by atomic mass is 9.81. The summed E-state index contributed by atoms with van der Waals surface area (Å²) in [4.78, 5) is 0. The quantitative estimate of drug-likeness (QED) is 0.727. The fraction of sp³-hybridized carbons (Fsp3) is 0.625. The lowest BCUT2D eigenvalue weighted by molar-refractivity contribution is 0.269. The molecule has 0 spiro atoms. The van der Waals surface area contributed by atoms with Crippen LogP contribution in [0.25, 0.3) is 0 Å². The molecule has 0 aliphatic heterocycles. The van der Waals surface area contributed by atoms with Crippen molar-refractivity contribution in [2.24, 2.45) is 11.3 Å². The SMILES string of the molecule is CCCOc1cc(NCC(C)(C)C(C)C)ccc1N. The van der Waals surface area contributed by atoms with E-state index in [0.29, 0.717) is 18.2 Å². The van der Waals surface area contributed by atoms with E-state index in [4.69, 9.17) is 10.5 Å². The average Bonchev–Trinajstić information content (AvgIpc) is 2.36. The molecule has 0 aromatic heterocycles. The number of ether oxygens (including phenoxy) is 1. The average molecular weight is 264 g/mol. The summed E-state index contributed by atoms with van der Waals surface area (Å²) in [6.07, 6.45) is 0.984. The first-order valence-corrected chi connectivity index (χ1v) is 7.13. The third-order valence-electron chi connectivity index (χ3n) is 3.79. The Morgan fingerprint density at radius 3 is 2.58 bits per heavy atom. The molecule has 0 fully saturated rings. The number of anilines is 2. The van der Waals surface area contributed by atoms with Crippen molar-refractivity contribution in [1.82, 2.24) is 0 Å². The van der Waals surface area contributed by atoms with E-state index in [1.807, 2.05) is 18.2 Å². The Balaban J connectivity index is 2.69. The van der Waals surface area contributed by atoms with Gasteiger partial charge < -0.3 is 15.8 Å². The summed E-state index contributed by atoms with van der Waals surface area (Å²) >= 11 is 0. The molecule has 0 radical (unpaired) electrons. The summed E-state index contributed by atoms with van der Waals surface area (Å²) in [5.41, 5.74) is 7.92. The van der Waals surface area contributed by atoms with Gasteiger partial charge in [0.1, 0.15) is 5.75 Å². The van der Waals surface area contributed by atoms with Crippen LogP contribution in [0.4, 0.5) is 11.4 Å². The first-order valence-electron chi connectivity index (χ1n) is 7.13. The number of benzene rings is 1. The standard InChI is InChI=1S/C16H28N2O/c1-6-9-19-15-10-13(7-8-14(15)17)18-11-16(4,5)12(2)3/h7-8,10,12,18H,6,9,11,17H2,1-5H3. The van der Waals surface area contributed by atoms with E-state index >= 15 is 0 Å². The normalized spacial score (nSPS) is 11.7. The minimum absolute atomic E-state index is 0.256. The van der Waals surface area contributed by atoms with Crippen molar-refractivity contribution >= 4 is 11.4 Å². The molecule has 0 aliphatic carbocycles. The predicted molar refractivity (Wildman–Crippen MR) is 83.7 cm³/mol. The highest BCUT2D eigenvalue weighted by atomic mass is 16.5. The second-order valence-electron chi connectivity index (χ2n) is 6.10. The molecule has 108 valence electrons. The molecule has 0 atom stereocenters. The van der Waals surface area contributed by atoms with Crippen LogP contribution in [0.2, 0.25) is 0 Å². The summed E-state index contributed by atoms with van der Waals surface area (Å²) in [5, 5.41) is 3.47. The van der Waals surface area contributed by atoms with Crippen molar-refractivity contribution in [3.05, 3.63) is 18.2 Å². The van der Waals surface area contributed by atoms with Crippen LogP contribution in [0, 0.1) is 11.3 Å². The van der Waals surface area contributed by atoms with Gasteiger partial charge in [-0.25, -0.2) is 0 Å². The fourth-order valence-electron chi connectivity index (χ4n) is 1.52. The zero-order valence-electron chi connectivity index (χ0n) is 12.9. The van der Waals surface area contributed by atoms with Gasteiger partial charge in [-0.1, -0.05) is 34.6 Å². The van der Waals surface area contributed by atoms with Crippen molar-refractivity contribution in [3.63, 3.8) is 0 Å². The van der Waals surface area contributed by atoms with Crippen LogP contribution >= 0.6 is 0 Å². The van der Waals surface area contributed by atoms with E-state index in [9.17, 15) is 0 Å². The number of hydrogen-bond acceptors (Lipinski definition) is 3. The highest BCUT2D eigenvalue weighted by molar-refractivity contribution is 5.61. The van der Waals surface area contributed by atoms with Crippen LogP contribution in [0.1, 0.15) is 41.0 Å². The van der Waals surface area contributed by atoms with E-state index in [2.05, 4.69) is 39.9 Å². The Labute approximate surface area is 117 Å². The molecule has 19 heavy (non-hydrogen) atoms. The van der Waals surface area contributed by atoms with Crippen molar-refractivity contribution in [1.29, 1.82) is 0 Å². The van der Waals surface area contributed by atoms with Crippen molar-refractivity contribution < 1.29 is 4.74 Å². The van der Waals surface area contributed by atoms with Crippen LogP contribution in [0.3, 0.4) is 0 Å². The number of hydrogen-bond donors (Lipinski definition) is 2. The molecular formula is C16H28N2O. The van der Waals surface area contributed by atoms with Gasteiger partial charge >= 0.3 is 0 Å². The van der Waals surface area contributed by atoms with Gasteiger partial charge in [0.15, 0.2) is 0 Å². The highest BCUT2D eigenvalue weighted by Gasteiger charge is 2.21. The maximum absolute atomic E-state index is 5.91. The van der Waals surface area contributed by atoms with Gasteiger partial charge in [0.2, 0.25) is 0 Å². The molecule has 0 bridgehead atoms. The summed E-state index contributed by atoms with van der Waals surface area (Å²) in [6.45, 7) is 12.8. The largest absolute Gasteiger partial charge is 0.491 e. The summed E-state index contributed by atoms with van der Waals surface area (Å²) < 4.78 is 5.64. The first-order chi connectivity index (χ1) is 8.86. The molecule has 3 N–H and O–H groups in total. The monoisotopic (exact) mass is 264 g/mol. The molecule has 3 nitrogen and oxygen atoms in total. The number of nitrogens with one attached hydrogen (secondary N) is 1. The highest BCUT2D eigenvalue weighted by Crippen LogP contribution is 2.29. The Morgan fingerprint density at radius 1 is 1.32 bits per heavy atom. The zero-order valence-corrected chi connectivity index (χ0v) is 12.9. The van der Waals surface area contributed by atoms with Gasteiger partial charge in [-0.05, 0) is 29.9 Å². The molecule has 0 heterocycles. The van der Waals surface area contributed by atoms with Gasteiger partial charge in [-0.3, -0.25) is 0 Å². The van der Waals surface area contributed by atoms with Gasteiger partial charge in [-0.15, -0.1) is 0 Å². The summed E-state index contributed by atoms with van der Waals surface area (Å²) in [5.74, 6) is 1.40. The van der Waals surface area contributed by atoms with E-state index in [0.717, 1.165) is 24.4 Å². The number of nitrogen functional groups attached to an aromatic ring is 1. The maximum Gasteiger partial charge on any atom is 0.144 e. The van der Waals surface area contributed by atoms with Crippen LogP contribution in [0.5, 0.6) is 5.75 Å². The van der Waals surface area contributed by atoms with Crippen LogP contribution in [0.15, 0.2) is 18.2 Å². The molecule has 1 rings (SSSR count). The third kappa shape index (κ3) is 4.66. The molecule has 3 heteroatoms. The molecule has 0 saturated heterocycles. The molecule has 0 aliphatic rings. The Morgan fingerprint density at radius 2 is 2.00 bits per heavy atom. The smallest absolute Gasteiger partial charge is 0.144 e. The van der Waals surface area contributed by atoms with Crippen molar-refractivity contribution in [2.45, 2.75) is 41.0 Å². The molecular weight excluding hydrogens is 236 g/mol. The van der Waals surface area contributed by atoms with Gasteiger partial charge in [-0.2, -0.15) is 0 Å². The van der Waals surface area contributed by atoms with Crippen LogP contribution < -0.4 is 15.8 Å². The molecule has 0 saturated carbocycles. The van der Waals surface area contributed by atoms with Crippen LogP contribution in [-0.2, 0) is 0 Å². The number of rotatable bonds is 7. The van der Waals surface area contributed by atoms with Crippen molar-refractivity contribution in [2.75, 3.05) is 24.2 Å². The van der Waals surface area contributed by atoms with E-state index < -0.39 is 0 Å². The maximum atomic E-state index is 5.91. The summed E-state index contributed by atoms with van der Waals surface area (Å²) in [7, 11) is 0. The molecule has 1 aromatic carbocycles. The number of nitrogens with two attached hydrogens (primary N) is 1. The molecule has 0 unspecified atom stereocenters. The van der Waals surface area contributed by atoms with Gasteiger partial charge in [0, 0.05) is 18.3 Å². The van der Waals surface area contributed by atoms with Crippen LogP contribution in [-0.4, -0.2) is 13.2 Å². The van der Waals surface area contributed by atoms with E-state index in [1.165, 1.54) is 0 Å². The minimum atomic E-state index is 0.256. The van der Waals surface area contributed by atoms with E-state index in [-0.39, 0.29) is 5.41 Å². The zero-order chi connectivity index (χ0) is 14.5. The van der Waals surface area contributed by atoms with E-state index in [1.54, 1.807) is 0 Å². The second-order valence-corrected chi connectivity index (χ2v) is 6.10. The Kier molecular flexibility index (Phi) is 5.52. The fourth-order valence-corrected chi connectivity index (χ4v) is 1.52. The Hall–Kier alpha value is -1.38. The topological polar surface area (TPSA) is 47.3 Å². The lowest BCUT2D eigenvalue weighted by Gasteiger charge is -2.30. The predicted octanol–water partition coefficient (Wildman–Crippen LogP) is 4.15.